The third-order valence-corrected chi connectivity index (χ3v) is 3.63. The third-order valence-electron chi connectivity index (χ3n) is 3.19. The van der Waals surface area contributed by atoms with Crippen LogP contribution in [0.25, 0.3) is 0 Å². The Morgan fingerprint density at radius 2 is 1.48 bits per heavy atom. The van der Waals surface area contributed by atoms with Gasteiger partial charge in [0.15, 0.2) is 0 Å². The highest BCUT2D eigenvalue weighted by Gasteiger charge is 2.10. The second-order valence-electron chi connectivity index (χ2n) is 4.94. The highest BCUT2D eigenvalue weighted by molar-refractivity contribution is 6.31. The molecular formula is C16H18Cl2N2O3. The predicted octanol–water partition coefficient (Wildman–Crippen LogP) is 3.65. The summed E-state index contributed by atoms with van der Waals surface area (Å²) in [5.41, 5.74) is 14.4. The van der Waals surface area contributed by atoms with Gasteiger partial charge in [0, 0.05) is 27.0 Å². The first-order valence-electron chi connectivity index (χ1n) is 6.61. The van der Waals surface area contributed by atoms with Crippen molar-refractivity contribution in [2.45, 2.75) is 20.5 Å². The maximum Gasteiger partial charge on any atom is 0.337 e. The molecule has 6 N–H and O–H groups in total. The molecule has 0 amide bonds. The molecule has 0 aliphatic heterocycles. The van der Waals surface area contributed by atoms with Crippen LogP contribution in [-0.2, 0) is 6.61 Å². The average Bonchev–Trinajstić information content (AvgIpc) is 2.47. The highest BCUT2D eigenvalue weighted by atomic mass is 35.5. The molecule has 0 radical (unpaired) electrons. The number of nitrogen functional groups attached to an aromatic ring is 2. The van der Waals surface area contributed by atoms with Gasteiger partial charge in [0.1, 0.15) is 0 Å². The Kier molecular flexibility index (Phi) is 6.69. The molecule has 2 aromatic rings. The van der Waals surface area contributed by atoms with Crippen LogP contribution in [0.3, 0.4) is 0 Å². The average molecular weight is 357 g/mol. The summed E-state index contributed by atoms with van der Waals surface area (Å²) in [5, 5.41) is 18.5. The molecule has 0 heterocycles. The normalized spacial score (nSPS) is 9.96. The molecular weight excluding hydrogens is 339 g/mol. The number of anilines is 2. The van der Waals surface area contributed by atoms with E-state index >= 15 is 0 Å². The standard InChI is InChI=1S/C8H8ClNO2.C8H10ClNO/c1-4-2-5(9)3-6(7(4)10)8(11)12;1-5-2-7(9)3-6(4-11)8(5)10/h2-3H,10H2,1H3,(H,11,12);2-3,11H,4,10H2,1H3. The van der Waals surface area contributed by atoms with E-state index in [2.05, 4.69) is 0 Å². The fourth-order valence-corrected chi connectivity index (χ4v) is 2.45. The van der Waals surface area contributed by atoms with Crippen molar-refractivity contribution < 1.29 is 15.0 Å². The van der Waals surface area contributed by atoms with E-state index in [1.54, 1.807) is 25.1 Å². The van der Waals surface area contributed by atoms with Crippen LogP contribution < -0.4 is 11.5 Å². The molecule has 7 heteroatoms. The van der Waals surface area contributed by atoms with Crippen LogP contribution in [0, 0.1) is 13.8 Å². The van der Waals surface area contributed by atoms with Crippen LogP contribution in [-0.4, -0.2) is 16.2 Å². The Morgan fingerprint density at radius 1 is 1.00 bits per heavy atom. The number of aliphatic hydroxyl groups is 1. The van der Waals surface area contributed by atoms with Crippen LogP contribution in [0.15, 0.2) is 24.3 Å². The van der Waals surface area contributed by atoms with Crippen molar-refractivity contribution in [3.05, 3.63) is 56.6 Å². The number of aromatic carboxylic acids is 1. The molecule has 0 saturated carbocycles. The summed E-state index contributed by atoms with van der Waals surface area (Å²) >= 11 is 11.4. The summed E-state index contributed by atoms with van der Waals surface area (Å²) in [4.78, 5) is 10.6. The summed E-state index contributed by atoms with van der Waals surface area (Å²) in [6, 6.07) is 6.41. The molecule has 2 rings (SSSR count). The lowest BCUT2D eigenvalue weighted by Gasteiger charge is -2.05. The first kappa shape index (κ1) is 19.1. The first-order chi connectivity index (χ1) is 10.7. The van der Waals surface area contributed by atoms with Gasteiger partial charge in [-0.2, -0.15) is 0 Å². The molecule has 0 bridgehead atoms. The van der Waals surface area contributed by atoms with Gasteiger partial charge in [-0.15, -0.1) is 0 Å². The van der Waals surface area contributed by atoms with E-state index in [0.717, 1.165) is 5.56 Å². The van der Waals surface area contributed by atoms with Crippen molar-refractivity contribution in [3.8, 4) is 0 Å². The number of benzene rings is 2. The second kappa shape index (κ2) is 8.06. The van der Waals surface area contributed by atoms with Crippen molar-refractivity contribution in [2.75, 3.05) is 11.5 Å². The fourth-order valence-electron chi connectivity index (χ4n) is 1.89. The monoisotopic (exact) mass is 356 g/mol. The Labute approximate surface area is 144 Å². The van der Waals surface area contributed by atoms with Gasteiger partial charge in [-0.1, -0.05) is 23.2 Å². The Bertz CT molecular complexity index is 734. The number of carboxylic acid groups (broad SMARTS) is 1. The van der Waals surface area contributed by atoms with Crippen LogP contribution in [0.4, 0.5) is 11.4 Å². The zero-order valence-corrected chi connectivity index (χ0v) is 14.2. The summed E-state index contributed by atoms with van der Waals surface area (Å²) in [6.07, 6.45) is 0. The Hall–Kier alpha value is -1.95. The van der Waals surface area contributed by atoms with Gasteiger partial charge < -0.3 is 21.7 Å². The summed E-state index contributed by atoms with van der Waals surface area (Å²) in [7, 11) is 0. The minimum Gasteiger partial charge on any atom is -0.478 e. The molecule has 0 fully saturated rings. The van der Waals surface area contributed by atoms with E-state index in [-0.39, 0.29) is 17.9 Å². The van der Waals surface area contributed by atoms with Crippen molar-refractivity contribution in [3.63, 3.8) is 0 Å². The smallest absolute Gasteiger partial charge is 0.337 e. The summed E-state index contributed by atoms with van der Waals surface area (Å²) in [5.74, 6) is -1.06. The quantitative estimate of drug-likeness (QED) is 0.614. The minimum atomic E-state index is -1.06. The second-order valence-corrected chi connectivity index (χ2v) is 5.82. The maximum absolute atomic E-state index is 10.6. The van der Waals surface area contributed by atoms with Crippen LogP contribution in [0.2, 0.25) is 10.0 Å². The van der Waals surface area contributed by atoms with Gasteiger partial charge in [-0.05, 0) is 49.2 Å². The van der Waals surface area contributed by atoms with Crippen LogP contribution in [0.5, 0.6) is 0 Å². The lowest BCUT2D eigenvalue weighted by Crippen LogP contribution is -2.03. The molecule has 0 spiro atoms. The maximum atomic E-state index is 10.6. The Balaban J connectivity index is 0.000000231. The van der Waals surface area contributed by atoms with Gasteiger partial charge in [0.2, 0.25) is 0 Å². The number of halogens is 2. The number of hydrogen-bond acceptors (Lipinski definition) is 4. The molecule has 23 heavy (non-hydrogen) atoms. The van der Waals surface area contributed by atoms with Crippen molar-refractivity contribution >= 4 is 40.5 Å². The first-order valence-corrected chi connectivity index (χ1v) is 7.37. The molecule has 0 aromatic heterocycles. The van der Waals surface area contributed by atoms with Crippen LogP contribution in [0.1, 0.15) is 27.0 Å². The van der Waals surface area contributed by atoms with Gasteiger partial charge in [0.05, 0.1) is 12.2 Å². The van der Waals surface area contributed by atoms with Gasteiger partial charge in [-0.25, -0.2) is 4.79 Å². The van der Waals surface area contributed by atoms with E-state index < -0.39 is 5.97 Å². The van der Waals surface area contributed by atoms with Gasteiger partial charge in [-0.3, -0.25) is 0 Å². The molecule has 0 saturated heterocycles. The number of aryl methyl sites for hydroxylation is 2. The highest BCUT2D eigenvalue weighted by Crippen LogP contribution is 2.23. The number of rotatable bonds is 2. The number of hydrogen-bond donors (Lipinski definition) is 4. The number of carbonyl (C=O) groups is 1. The third kappa shape index (κ3) is 5.03. The molecule has 0 atom stereocenters. The fraction of sp³-hybridized carbons (Fsp3) is 0.188. The lowest BCUT2D eigenvalue weighted by atomic mass is 10.1. The molecule has 0 aliphatic rings. The topological polar surface area (TPSA) is 110 Å². The minimum absolute atomic E-state index is 0.0556. The number of aliphatic hydroxyl groups excluding tert-OH is 1. The Morgan fingerprint density at radius 3 is 1.96 bits per heavy atom. The summed E-state index contributed by atoms with van der Waals surface area (Å²) < 4.78 is 0. The molecule has 0 aliphatic carbocycles. The van der Waals surface area contributed by atoms with Gasteiger partial charge in [0.25, 0.3) is 0 Å². The van der Waals surface area contributed by atoms with E-state index in [4.69, 9.17) is 44.9 Å². The number of nitrogens with two attached hydrogens (primary N) is 2. The predicted molar refractivity (Wildman–Crippen MR) is 94.1 cm³/mol. The van der Waals surface area contributed by atoms with Crippen molar-refractivity contribution in [1.29, 1.82) is 0 Å². The van der Waals surface area contributed by atoms with Crippen molar-refractivity contribution in [2.24, 2.45) is 0 Å². The van der Waals surface area contributed by atoms with E-state index in [0.29, 0.717) is 26.9 Å². The zero-order valence-electron chi connectivity index (χ0n) is 12.7. The largest absolute Gasteiger partial charge is 0.478 e. The molecule has 124 valence electrons. The molecule has 5 nitrogen and oxygen atoms in total. The van der Waals surface area contributed by atoms with Gasteiger partial charge >= 0.3 is 5.97 Å². The molecule has 0 unspecified atom stereocenters. The summed E-state index contributed by atoms with van der Waals surface area (Å²) in [6.45, 7) is 3.52. The molecule has 2 aromatic carbocycles. The van der Waals surface area contributed by atoms with Crippen molar-refractivity contribution in [1.82, 2.24) is 0 Å². The van der Waals surface area contributed by atoms with Crippen LogP contribution >= 0.6 is 23.2 Å². The SMILES string of the molecule is Cc1cc(Cl)cc(C(=O)O)c1N.Cc1cc(Cl)cc(CO)c1N. The zero-order chi connectivity index (χ0) is 17.7. The number of carboxylic acids is 1. The van der Waals surface area contributed by atoms with E-state index in [1.807, 2.05) is 6.92 Å². The lowest BCUT2D eigenvalue weighted by molar-refractivity contribution is 0.0698. The van der Waals surface area contributed by atoms with E-state index in [9.17, 15) is 4.79 Å². The van der Waals surface area contributed by atoms with E-state index in [1.165, 1.54) is 6.07 Å².